The minimum Gasteiger partial charge on any atom is -0.486 e. The average Bonchev–Trinajstić information content (AvgIpc) is 3.13. The fourth-order valence-electron chi connectivity index (χ4n) is 5.97. The molecule has 0 aromatic heterocycles. The molecule has 1 aliphatic carbocycles. The van der Waals surface area contributed by atoms with Crippen molar-refractivity contribution in [3.05, 3.63) is 101 Å². The second-order valence-electron chi connectivity index (χ2n) is 10.1. The number of rotatable bonds is 3. The molecule has 0 saturated carbocycles. The van der Waals surface area contributed by atoms with E-state index >= 15 is 0 Å². The van der Waals surface area contributed by atoms with Crippen molar-refractivity contribution >= 4 is 28.9 Å². The maximum atomic E-state index is 13.9. The molecule has 1 saturated heterocycles. The maximum absolute atomic E-state index is 13.9. The lowest BCUT2D eigenvalue weighted by molar-refractivity contribution is -0.124. The van der Waals surface area contributed by atoms with Crippen LogP contribution in [0.4, 0.5) is 10.1 Å². The second kappa shape index (κ2) is 7.98. The Kier molecular flexibility index (Phi) is 4.97. The zero-order chi connectivity index (χ0) is 25.2. The SMILES string of the molecule is CC1(C)Oc2cc(F)ccc2C2=CC[C@@H]3C(=O)N(c4ccc(C(=O)c5ccccc5)cc4)C(=O)[C@@H]3[C@@H]21. The fraction of sp³-hybridized carbons (Fsp3) is 0.233. The van der Waals surface area contributed by atoms with Gasteiger partial charge in [0.05, 0.1) is 17.5 Å². The summed E-state index contributed by atoms with van der Waals surface area (Å²) in [5, 5.41) is 0. The Morgan fingerprint density at radius 1 is 0.944 bits per heavy atom. The van der Waals surface area contributed by atoms with Gasteiger partial charge in [0, 0.05) is 28.7 Å². The summed E-state index contributed by atoms with van der Waals surface area (Å²) in [7, 11) is 0. The number of carbonyl (C=O) groups excluding carboxylic acids is 3. The number of hydrogen-bond acceptors (Lipinski definition) is 4. The normalized spacial score (nSPS) is 23.8. The van der Waals surface area contributed by atoms with E-state index in [4.69, 9.17) is 4.74 Å². The zero-order valence-corrected chi connectivity index (χ0v) is 19.9. The molecule has 0 spiro atoms. The van der Waals surface area contributed by atoms with Gasteiger partial charge in [-0.2, -0.15) is 0 Å². The Morgan fingerprint density at radius 3 is 2.36 bits per heavy atom. The monoisotopic (exact) mass is 481 g/mol. The topological polar surface area (TPSA) is 63.7 Å². The first kappa shape index (κ1) is 22.4. The summed E-state index contributed by atoms with van der Waals surface area (Å²) in [6.45, 7) is 3.76. The number of fused-ring (bicyclic) bond motifs is 5. The number of allylic oxidation sites excluding steroid dienone is 1. The highest BCUT2D eigenvalue weighted by atomic mass is 19.1. The number of nitrogens with zero attached hydrogens (tertiary/aromatic N) is 1. The van der Waals surface area contributed by atoms with Gasteiger partial charge in [-0.15, -0.1) is 0 Å². The summed E-state index contributed by atoms with van der Waals surface area (Å²) in [6, 6.07) is 20.0. The molecule has 5 nitrogen and oxygen atoms in total. The second-order valence-corrected chi connectivity index (χ2v) is 10.1. The smallest absolute Gasteiger partial charge is 0.238 e. The maximum Gasteiger partial charge on any atom is 0.238 e. The lowest BCUT2D eigenvalue weighted by Gasteiger charge is -2.46. The van der Waals surface area contributed by atoms with Gasteiger partial charge < -0.3 is 4.74 Å². The van der Waals surface area contributed by atoms with Gasteiger partial charge in [0.2, 0.25) is 11.8 Å². The molecule has 3 aromatic carbocycles. The molecular weight excluding hydrogens is 457 g/mol. The Morgan fingerprint density at radius 2 is 1.64 bits per heavy atom. The van der Waals surface area contributed by atoms with Gasteiger partial charge in [0.1, 0.15) is 17.2 Å². The van der Waals surface area contributed by atoms with Crippen molar-refractivity contribution in [2.45, 2.75) is 25.9 Å². The molecule has 2 amide bonds. The van der Waals surface area contributed by atoms with Crippen molar-refractivity contribution in [1.82, 2.24) is 0 Å². The molecule has 3 atom stereocenters. The quantitative estimate of drug-likeness (QED) is 0.369. The zero-order valence-electron chi connectivity index (χ0n) is 19.9. The van der Waals surface area contributed by atoms with Crippen molar-refractivity contribution in [2.24, 2.45) is 17.8 Å². The van der Waals surface area contributed by atoms with Crippen LogP contribution in [-0.2, 0) is 9.59 Å². The number of carbonyl (C=O) groups is 3. The van der Waals surface area contributed by atoms with Crippen molar-refractivity contribution in [1.29, 1.82) is 0 Å². The van der Waals surface area contributed by atoms with Crippen molar-refractivity contribution in [3.63, 3.8) is 0 Å². The molecule has 0 radical (unpaired) electrons. The van der Waals surface area contributed by atoms with E-state index in [0.29, 0.717) is 29.0 Å². The summed E-state index contributed by atoms with van der Waals surface area (Å²) >= 11 is 0. The molecule has 3 aliphatic rings. The largest absolute Gasteiger partial charge is 0.486 e. The van der Waals surface area contributed by atoms with E-state index in [0.717, 1.165) is 11.1 Å². The molecule has 0 unspecified atom stereocenters. The van der Waals surface area contributed by atoms with E-state index in [1.807, 2.05) is 26.0 Å². The third kappa shape index (κ3) is 3.32. The van der Waals surface area contributed by atoms with E-state index in [2.05, 4.69) is 0 Å². The first-order chi connectivity index (χ1) is 17.3. The lowest BCUT2D eigenvalue weighted by Crippen LogP contribution is -2.49. The molecule has 6 rings (SSSR count). The molecule has 0 bridgehead atoms. The van der Waals surface area contributed by atoms with Gasteiger partial charge in [0.15, 0.2) is 5.78 Å². The average molecular weight is 482 g/mol. The van der Waals surface area contributed by atoms with E-state index in [9.17, 15) is 18.8 Å². The van der Waals surface area contributed by atoms with Crippen LogP contribution in [0.15, 0.2) is 78.9 Å². The number of ether oxygens (including phenoxy) is 1. The van der Waals surface area contributed by atoms with Crippen LogP contribution in [0.5, 0.6) is 5.75 Å². The Labute approximate surface area is 208 Å². The summed E-state index contributed by atoms with van der Waals surface area (Å²) in [6.07, 6.45) is 2.43. The number of imide groups is 1. The number of amides is 2. The minimum absolute atomic E-state index is 0.125. The van der Waals surface area contributed by atoms with Crippen LogP contribution in [0.25, 0.3) is 5.57 Å². The Balaban J connectivity index is 1.33. The third-order valence-electron chi connectivity index (χ3n) is 7.56. The van der Waals surface area contributed by atoms with Crippen LogP contribution in [-0.4, -0.2) is 23.2 Å². The first-order valence-electron chi connectivity index (χ1n) is 12.0. The lowest BCUT2D eigenvalue weighted by atomic mass is 9.64. The highest BCUT2D eigenvalue weighted by molar-refractivity contribution is 6.23. The van der Waals surface area contributed by atoms with Crippen molar-refractivity contribution in [2.75, 3.05) is 4.90 Å². The molecule has 2 heterocycles. The van der Waals surface area contributed by atoms with Crippen LogP contribution in [0.1, 0.15) is 41.8 Å². The third-order valence-corrected chi connectivity index (χ3v) is 7.56. The standard InChI is InChI=1S/C30H24FNO4/c1-30(2)26-22(21-13-10-19(31)16-24(21)36-30)14-15-23-25(26)29(35)32(28(23)34)20-11-8-18(9-12-20)27(33)17-6-4-3-5-7-17/h3-14,16,23,25-26H,15H2,1-2H3/t23-,25-,26+/m0/s1. The molecule has 1 fully saturated rings. The van der Waals surface area contributed by atoms with Gasteiger partial charge in [-0.25, -0.2) is 4.39 Å². The molecule has 3 aromatic rings. The van der Waals surface area contributed by atoms with E-state index in [-0.39, 0.29) is 29.3 Å². The number of anilines is 1. The number of halogens is 1. The van der Waals surface area contributed by atoms with Crippen LogP contribution in [0.2, 0.25) is 0 Å². The van der Waals surface area contributed by atoms with Crippen LogP contribution in [0, 0.1) is 23.6 Å². The van der Waals surface area contributed by atoms with E-state index < -0.39 is 17.4 Å². The molecule has 6 heteroatoms. The minimum atomic E-state index is -0.812. The fourth-order valence-corrected chi connectivity index (χ4v) is 5.97. The number of ketones is 1. The summed E-state index contributed by atoms with van der Waals surface area (Å²) in [4.78, 5) is 41.3. The van der Waals surface area contributed by atoms with Crippen LogP contribution < -0.4 is 9.64 Å². The Hall–Kier alpha value is -4.06. The van der Waals surface area contributed by atoms with Gasteiger partial charge in [0.25, 0.3) is 0 Å². The Bertz CT molecular complexity index is 1440. The summed E-state index contributed by atoms with van der Waals surface area (Å²) in [5.41, 5.74) is 2.38. The van der Waals surface area contributed by atoms with Crippen LogP contribution >= 0.6 is 0 Å². The summed E-state index contributed by atoms with van der Waals surface area (Å²) < 4.78 is 20.1. The van der Waals surface area contributed by atoms with Gasteiger partial charge in [-0.05, 0) is 62.2 Å². The van der Waals surface area contributed by atoms with Gasteiger partial charge >= 0.3 is 0 Å². The molecule has 2 aliphatic heterocycles. The predicted octanol–water partition coefficient (Wildman–Crippen LogP) is 5.44. The van der Waals surface area contributed by atoms with E-state index in [1.165, 1.54) is 17.0 Å². The highest BCUT2D eigenvalue weighted by Crippen LogP contribution is 2.55. The molecule has 0 N–H and O–H groups in total. The number of benzene rings is 3. The van der Waals surface area contributed by atoms with Gasteiger partial charge in [-0.3, -0.25) is 19.3 Å². The number of hydrogen-bond donors (Lipinski definition) is 0. The van der Waals surface area contributed by atoms with Crippen molar-refractivity contribution in [3.8, 4) is 5.75 Å². The summed E-state index contributed by atoms with van der Waals surface area (Å²) in [5.74, 6) is -2.02. The molecule has 36 heavy (non-hydrogen) atoms. The van der Waals surface area contributed by atoms with E-state index in [1.54, 1.807) is 54.6 Å². The highest BCUT2D eigenvalue weighted by Gasteiger charge is 2.59. The molecular formula is C30H24FNO4. The van der Waals surface area contributed by atoms with Crippen LogP contribution in [0.3, 0.4) is 0 Å². The first-order valence-corrected chi connectivity index (χ1v) is 12.0. The van der Waals surface area contributed by atoms with Crippen molar-refractivity contribution < 1.29 is 23.5 Å². The van der Waals surface area contributed by atoms with Gasteiger partial charge in [-0.1, -0.05) is 36.4 Å². The predicted molar refractivity (Wildman–Crippen MR) is 133 cm³/mol. The molecule has 180 valence electrons.